The van der Waals surface area contributed by atoms with Crippen molar-refractivity contribution in [1.29, 1.82) is 0 Å². The molecule has 0 aliphatic carbocycles. The van der Waals surface area contributed by atoms with Crippen LogP contribution in [0.25, 0.3) is 11.2 Å². The second kappa shape index (κ2) is 11.5. The number of anilines is 1. The van der Waals surface area contributed by atoms with Crippen molar-refractivity contribution in [2.24, 2.45) is 5.73 Å². The van der Waals surface area contributed by atoms with Gasteiger partial charge in [-0.2, -0.15) is 11.8 Å². The van der Waals surface area contributed by atoms with Crippen molar-refractivity contribution in [2.45, 2.75) is 36.3 Å². The van der Waals surface area contributed by atoms with Crippen LogP contribution in [-0.2, 0) is 24.9 Å². The maximum atomic E-state index is 12.9. The first-order valence-corrected chi connectivity index (χ1v) is 12.4. The molecule has 196 valence electrons. The summed E-state index contributed by atoms with van der Waals surface area (Å²) in [6, 6.07) is 7.48. The fraction of sp³-hybridized carbons (Fsp3) is 0.364. The molecule has 0 radical (unpaired) electrons. The van der Waals surface area contributed by atoms with Crippen molar-refractivity contribution in [3.8, 4) is 0 Å². The largest absolute Gasteiger partial charge is 0.480 e. The third-order valence-corrected chi connectivity index (χ3v) is 6.79. The number of nitrogens with two attached hydrogens (primary N) is 2. The second-order valence-corrected chi connectivity index (χ2v) is 9.30. The molecule has 4 rings (SSSR count). The fourth-order valence-electron chi connectivity index (χ4n) is 3.83. The molecular formula is C22H26N8O6S. The Morgan fingerprint density at radius 1 is 1.19 bits per heavy atom. The molecule has 3 heterocycles. The van der Waals surface area contributed by atoms with Gasteiger partial charge in [0.15, 0.2) is 23.8 Å². The standard InChI is InChI=1S/C22H26N8O6S/c23-12(8-37-7-11-4-2-1-3-5-11)20(34)29-14-16(33)22(36-17(14)21(35)25-6-13(31)32)30-10-28-15-18(24)26-9-27-19(15)30/h1-5,9-10,12,14,16-17,22,33H,6-8,23H2,(H,25,35)(H,29,34)(H,31,32)(H2,24,26,27)/t12-,14+,16-,17+,22-/m1/s1. The summed E-state index contributed by atoms with van der Waals surface area (Å²) in [6.07, 6.45) is -1.55. The summed E-state index contributed by atoms with van der Waals surface area (Å²) >= 11 is 1.46. The average molecular weight is 531 g/mol. The number of ether oxygens (including phenoxy) is 1. The number of carboxylic acid groups (broad SMARTS) is 1. The molecule has 8 N–H and O–H groups in total. The zero-order valence-corrected chi connectivity index (χ0v) is 20.2. The highest BCUT2D eigenvalue weighted by Crippen LogP contribution is 2.32. The molecule has 15 heteroatoms. The zero-order chi connectivity index (χ0) is 26.5. The van der Waals surface area contributed by atoms with E-state index >= 15 is 0 Å². The number of nitrogen functional groups attached to an aromatic ring is 1. The highest BCUT2D eigenvalue weighted by atomic mass is 32.2. The first-order valence-electron chi connectivity index (χ1n) is 11.2. The first kappa shape index (κ1) is 26.3. The molecule has 14 nitrogen and oxygen atoms in total. The Balaban J connectivity index is 1.49. The molecule has 3 aromatic rings. The molecule has 0 saturated carbocycles. The van der Waals surface area contributed by atoms with Gasteiger partial charge in [0.2, 0.25) is 5.91 Å². The van der Waals surface area contributed by atoms with Gasteiger partial charge in [-0.3, -0.25) is 19.0 Å². The number of aliphatic carboxylic acids is 1. The van der Waals surface area contributed by atoms with Gasteiger partial charge in [0.05, 0.1) is 18.4 Å². The van der Waals surface area contributed by atoms with Gasteiger partial charge in [0.1, 0.15) is 24.5 Å². The van der Waals surface area contributed by atoms with Crippen molar-refractivity contribution in [2.75, 3.05) is 18.0 Å². The summed E-state index contributed by atoms with van der Waals surface area (Å²) in [5.74, 6) is -1.67. The third kappa shape index (κ3) is 5.96. The van der Waals surface area contributed by atoms with E-state index in [1.807, 2.05) is 30.3 Å². The molecule has 1 saturated heterocycles. The number of thioether (sulfide) groups is 1. The molecule has 1 aliphatic rings. The van der Waals surface area contributed by atoms with Crippen molar-refractivity contribution in [1.82, 2.24) is 30.2 Å². The van der Waals surface area contributed by atoms with Crippen LogP contribution in [0.15, 0.2) is 43.0 Å². The molecule has 0 spiro atoms. The molecule has 0 bridgehead atoms. The van der Waals surface area contributed by atoms with Gasteiger partial charge < -0.3 is 37.1 Å². The molecular weight excluding hydrogens is 504 g/mol. The van der Waals surface area contributed by atoms with Crippen LogP contribution in [0.3, 0.4) is 0 Å². The van der Waals surface area contributed by atoms with Crippen LogP contribution in [0.4, 0.5) is 5.82 Å². The fourth-order valence-corrected chi connectivity index (χ4v) is 4.78. The van der Waals surface area contributed by atoms with Gasteiger partial charge >= 0.3 is 5.97 Å². The number of aliphatic hydroxyl groups is 1. The quantitative estimate of drug-likeness (QED) is 0.178. The van der Waals surface area contributed by atoms with Crippen LogP contribution >= 0.6 is 11.8 Å². The number of carbonyl (C=O) groups is 3. The van der Waals surface area contributed by atoms with E-state index in [-0.39, 0.29) is 22.7 Å². The van der Waals surface area contributed by atoms with E-state index in [9.17, 15) is 19.5 Å². The van der Waals surface area contributed by atoms with Gasteiger partial charge in [-0.1, -0.05) is 30.3 Å². The number of hydrogen-bond acceptors (Lipinski definition) is 11. The number of nitrogens with zero attached hydrogens (tertiary/aromatic N) is 4. The minimum absolute atomic E-state index is 0.107. The number of hydrogen-bond donors (Lipinski definition) is 6. The number of imidazole rings is 1. The van der Waals surface area contributed by atoms with Crippen LogP contribution in [0.1, 0.15) is 11.8 Å². The summed E-state index contributed by atoms with van der Waals surface area (Å²) in [7, 11) is 0. The van der Waals surface area contributed by atoms with Crippen molar-refractivity contribution in [3.05, 3.63) is 48.5 Å². The lowest BCUT2D eigenvalue weighted by Gasteiger charge is -2.23. The SMILES string of the molecule is Nc1ncnc2c1ncn2[C@@H]1O[C@H](C(=O)NCC(=O)O)[C@@H](NC(=O)[C@H](N)CSCc2ccccc2)[C@H]1O. The van der Waals surface area contributed by atoms with Crippen LogP contribution in [0.5, 0.6) is 0 Å². The summed E-state index contributed by atoms with van der Waals surface area (Å²) in [5, 5.41) is 24.8. The highest BCUT2D eigenvalue weighted by Gasteiger charge is 2.49. The van der Waals surface area contributed by atoms with Crippen LogP contribution in [0, 0.1) is 0 Å². The van der Waals surface area contributed by atoms with Gasteiger partial charge in [-0.15, -0.1) is 0 Å². The second-order valence-electron chi connectivity index (χ2n) is 8.27. The molecule has 1 aromatic carbocycles. The Hall–Kier alpha value is -3.79. The van der Waals surface area contributed by atoms with E-state index in [0.29, 0.717) is 5.75 Å². The summed E-state index contributed by atoms with van der Waals surface area (Å²) in [5.41, 5.74) is 13.5. The molecule has 1 aliphatic heterocycles. The molecule has 5 atom stereocenters. The lowest BCUT2D eigenvalue weighted by molar-refractivity contribution is -0.142. The van der Waals surface area contributed by atoms with E-state index in [1.54, 1.807) is 0 Å². The predicted molar refractivity (Wildman–Crippen MR) is 133 cm³/mol. The van der Waals surface area contributed by atoms with E-state index in [2.05, 4.69) is 25.6 Å². The Morgan fingerprint density at radius 2 is 1.95 bits per heavy atom. The van der Waals surface area contributed by atoms with E-state index in [0.717, 1.165) is 5.56 Å². The van der Waals surface area contributed by atoms with Crippen LogP contribution < -0.4 is 22.1 Å². The van der Waals surface area contributed by atoms with E-state index in [4.69, 9.17) is 21.3 Å². The van der Waals surface area contributed by atoms with E-state index < -0.39 is 54.8 Å². The lowest BCUT2D eigenvalue weighted by atomic mass is 10.1. The van der Waals surface area contributed by atoms with Gasteiger partial charge in [0.25, 0.3) is 5.91 Å². The maximum absolute atomic E-state index is 12.9. The van der Waals surface area contributed by atoms with Gasteiger partial charge in [-0.25, -0.2) is 15.0 Å². The molecule has 2 amide bonds. The van der Waals surface area contributed by atoms with E-state index in [1.165, 1.54) is 29.0 Å². The average Bonchev–Trinajstić information content (AvgIpc) is 3.45. The Bertz CT molecular complexity index is 1270. The minimum atomic E-state index is -1.44. The molecule has 0 unspecified atom stereocenters. The van der Waals surface area contributed by atoms with Crippen molar-refractivity contribution in [3.63, 3.8) is 0 Å². The van der Waals surface area contributed by atoms with Gasteiger partial charge in [0, 0.05) is 11.5 Å². The normalized spacial score (nSPS) is 22.0. The number of fused-ring (bicyclic) bond motifs is 1. The van der Waals surface area contributed by atoms with Crippen LogP contribution in [0.2, 0.25) is 0 Å². The molecule has 1 fully saturated rings. The first-order chi connectivity index (χ1) is 17.8. The zero-order valence-electron chi connectivity index (χ0n) is 19.4. The maximum Gasteiger partial charge on any atom is 0.322 e. The monoisotopic (exact) mass is 530 g/mol. The van der Waals surface area contributed by atoms with Crippen LogP contribution in [-0.4, -0.2) is 84.1 Å². The summed E-state index contributed by atoms with van der Waals surface area (Å²) in [6.45, 7) is -0.673. The van der Waals surface area contributed by atoms with Crippen molar-refractivity contribution >= 4 is 46.5 Å². The number of nitrogens with one attached hydrogen (secondary N) is 2. The third-order valence-electron chi connectivity index (χ3n) is 5.66. The number of aromatic nitrogens is 4. The van der Waals surface area contributed by atoms with Crippen molar-refractivity contribution < 1.29 is 29.3 Å². The number of benzene rings is 1. The predicted octanol–water partition coefficient (Wildman–Crippen LogP) is -1.39. The summed E-state index contributed by atoms with van der Waals surface area (Å²) < 4.78 is 7.16. The Labute approximate surface area is 214 Å². The number of amides is 2. The summed E-state index contributed by atoms with van der Waals surface area (Å²) in [4.78, 5) is 48.7. The minimum Gasteiger partial charge on any atom is -0.480 e. The highest BCUT2D eigenvalue weighted by molar-refractivity contribution is 7.98. The molecule has 37 heavy (non-hydrogen) atoms. The molecule has 2 aromatic heterocycles. The Morgan fingerprint density at radius 3 is 2.68 bits per heavy atom. The smallest absolute Gasteiger partial charge is 0.322 e. The number of carbonyl (C=O) groups excluding carboxylic acids is 2. The number of rotatable bonds is 10. The lowest BCUT2D eigenvalue weighted by Crippen LogP contribution is -2.56. The van der Waals surface area contributed by atoms with Gasteiger partial charge in [-0.05, 0) is 5.56 Å². The number of carboxylic acids is 1. The topological polar surface area (TPSA) is 221 Å². The Kier molecular flexibility index (Phi) is 8.17. The number of aliphatic hydroxyl groups excluding tert-OH is 1.